The minimum atomic E-state index is 0.821. The first-order chi connectivity index (χ1) is 11.2. The summed E-state index contributed by atoms with van der Waals surface area (Å²) in [7, 11) is 0. The van der Waals surface area contributed by atoms with E-state index in [4.69, 9.17) is 0 Å². The van der Waals surface area contributed by atoms with Gasteiger partial charge >= 0.3 is 0 Å². The van der Waals surface area contributed by atoms with Crippen LogP contribution in [-0.2, 0) is 0 Å². The Balaban J connectivity index is 4.19. The van der Waals surface area contributed by atoms with Crippen LogP contribution in [0.25, 0.3) is 0 Å². The fourth-order valence-corrected chi connectivity index (χ4v) is 2.92. The SMILES string of the molecule is C=CC=CCCCC(CC)CC=C(CCCCCCC)C(=C)C. The van der Waals surface area contributed by atoms with Crippen molar-refractivity contribution in [3.05, 3.63) is 48.6 Å². The summed E-state index contributed by atoms with van der Waals surface area (Å²) in [4.78, 5) is 0. The zero-order valence-corrected chi connectivity index (χ0v) is 16.1. The molecule has 0 heterocycles. The molecule has 0 nitrogen and oxygen atoms in total. The maximum atomic E-state index is 4.18. The Hall–Kier alpha value is -1.04. The van der Waals surface area contributed by atoms with Gasteiger partial charge in [-0.25, -0.2) is 0 Å². The minimum Gasteiger partial charge on any atom is -0.0991 e. The summed E-state index contributed by atoms with van der Waals surface area (Å²) in [5, 5.41) is 0. The summed E-state index contributed by atoms with van der Waals surface area (Å²) in [6, 6.07) is 0. The van der Waals surface area contributed by atoms with Crippen molar-refractivity contribution in [2.75, 3.05) is 0 Å². The lowest BCUT2D eigenvalue weighted by Crippen LogP contribution is -1.98. The summed E-state index contributed by atoms with van der Waals surface area (Å²) in [5.41, 5.74) is 2.77. The van der Waals surface area contributed by atoms with Crippen molar-refractivity contribution in [3.8, 4) is 0 Å². The van der Waals surface area contributed by atoms with Gasteiger partial charge in [0.1, 0.15) is 0 Å². The maximum Gasteiger partial charge on any atom is -0.0280 e. The summed E-state index contributed by atoms with van der Waals surface area (Å²) in [6.07, 6.45) is 22.9. The van der Waals surface area contributed by atoms with Crippen molar-refractivity contribution in [1.82, 2.24) is 0 Å². The van der Waals surface area contributed by atoms with Gasteiger partial charge in [-0.3, -0.25) is 0 Å². The smallest absolute Gasteiger partial charge is 0.0280 e. The molecule has 0 aliphatic carbocycles. The van der Waals surface area contributed by atoms with Gasteiger partial charge in [0.2, 0.25) is 0 Å². The van der Waals surface area contributed by atoms with Crippen LogP contribution in [-0.4, -0.2) is 0 Å². The minimum absolute atomic E-state index is 0.821. The molecule has 0 aliphatic heterocycles. The van der Waals surface area contributed by atoms with Gasteiger partial charge in [0.15, 0.2) is 0 Å². The van der Waals surface area contributed by atoms with Crippen LogP contribution in [0.1, 0.15) is 91.4 Å². The Kier molecular flexibility index (Phi) is 15.1. The Morgan fingerprint density at radius 3 is 2.39 bits per heavy atom. The van der Waals surface area contributed by atoms with E-state index < -0.39 is 0 Å². The number of hydrogen-bond acceptors (Lipinski definition) is 0. The average Bonchev–Trinajstić information content (AvgIpc) is 2.54. The van der Waals surface area contributed by atoms with E-state index in [1.165, 1.54) is 81.8 Å². The van der Waals surface area contributed by atoms with Crippen LogP contribution in [0.3, 0.4) is 0 Å². The Labute approximate surface area is 146 Å². The van der Waals surface area contributed by atoms with E-state index in [2.05, 4.69) is 52.2 Å². The standard InChI is InChI=1S/C23H40/c1-6-9-11-13-15-17-22(8-3)19-20-23(21(4)5)18-16-14-12-10-7-2/h6,9,11,20,22H,1,4,7-8,10,12-19H2,2-3,5H3. The number of hydrogen-bond donors (Lipinski definition) is 0. The largest absolute Gasteiger partial charge is 0.0991 e. The van der Waals surface area contributed by atoms with Crippen LogP contribution < -0.4 is 0 Å². The number of unbranched alkanes of at least 4 members (excludes halogenated alkanes) is 5. The highest BCUT2D eigenvalue weighted by Gasteiger charge is 2.06. The molecule has 0 amide bonds. The topological polar surface area (TPSA) is 0 Å². The zero-order chi connectivity index (χ0) is 17.3. The van der Waals surface area contributed by atoms with E-state index >= 15 is 0 Å². The van der Waals surface area contributed by atoms with Crippen LogP contribution in [0.15, 0.2) is 48.6 Å². The third kappa shape index (κ3) is 13.1. The Bertz CT molecular complexity index is 356. The predicted molar refractivity (Wildman–Crippen MR) is 108 cm³/mol. The molecule has 0 aliphatic rings. The van der Waals surface area contributed by atoms with Crippen LogP contribution in [0, 0.1) is 5.92 Å². The molecular weight excluding hydrogens is 276 g/mol. The molecule has 0 heteroatoms. The third-order valence-corrected chi connectivity index (χ3v) is 4.63. The second-order valence-corrected chi connectivity index (χ2v) is 6.78. The van der Waals surface area contributed by atoms with Crippen molar-refractivity contribution in [1.29, 1.82) is 0 Å². The predicted octanol–water partition coefficient (Wildman–Crippen LogP) is 8.18. The van der Waals surface area contributed by atoms with Gasteiger partial charge in [-0.15, -0.1) is 0 Å². The van der Waals surface area contributed by atoms with Gasteiger partial charge in [-0.05, 0) is 56.9 Å². The molecule has 1 atom stereocenters. The van der Waals surface area contributed by atoms with Crippen molar-refractivity contribution in [2.45, 2.75) is 91.4 Å². The molecule has 0 radical (unpaired) electrons. The lowest BCUT2D eigenvalue weighted by molar-refractivity contribution is 0.460. The molecule has 0 N–H and O–H groups in total. The van der Waals surface area contributed by atoms with Gasteiger partial charge < -0.3 is 0 Å². The molecule has 0 rings (SSSR count). The quantitative estimate of drug-likeness (QED) is 0.211. The fraction of sp³-hybridized carbons (Fsp3) is 0.652. The lowest BCUT2D eigenvalue weighted by Gasteiger charge is -2.14. The van der Waals surface area contributed by atoms with E-state index in [1.54, 1.807) is 0 Å². The first kappa shape index (κ1) is 22.0. The normalized spacial score (nSPS) is 13.4. The summed E-state index contributed by atoms with van der Waals surface area (Å²) in [6.45, 7) is 14.7. The van der Waals surface area contributed by atoms with Crippen molar-refractivity contribution in [3.63, 3.8) is 0 Å². The average molecular weight is 317 g/mol. The molecule has 0 saturated carbocycles. The van der Waals surface area contributed by atoms with Gasteiger partial charge in [0.05, 0.1) is 0 Å². The maximum absolute atomic E-state index is 4.18. The van der Waals surface area contributed by atoms with Crippen LogP contribution in [0.4, 0.5) is 0 Å². The molecule has 23 heavy (non-hydrogen) atoms. The molecule has 0 bridgehead atoms. The second-order valence-electron chi connectivity index (χ2n) is 6.78. The summed E-state index contributed by atoms with van der Waals surface area (Å²) >= 11 is 0. The van der Waals surface area contributed by atoms with E-state index in [0.717, 1.165) is 5.92 Å². The Morgan fingerprint density at radius 1 is 1.04 bits per heavy atom. The first-order valence-corrected chi connectivity index (χ1v) is 9.78. The van der Waals surface area contributed by atoms with E-state index in [9.17, 15) is 0 Å². The van der Waals surface area contributed by atoms with Crippen LogP contribution in [0.2, 0.25) is 0 Å². The highest BCUT2D eigenvalue weighted by atomic mass is 14.1. The highest BCUT2D eigenvalue weighted by molar-refractivity contribution is 5.26. The zero-order valence-electron chi connectivity index (χ0n) is 16.1. The van der Waals surface area contributed by atoms with Crippen LogP contribution >= 0.6 is 0 Å². The molecular formula is C23H40. The van der Waals surface area contributed by atoms with Gasteiger partial charge in [0.25, 0.3) is 0 Å². The van der Waals surface area contributed by atoms with Gasteiger partial charge in [0, 0.05) is 0 Å². The molecule has 132 valence electrons. The summed E-state index contributed by atoms with van der Waals surface area (Å²) in [5.74, 6) is 0.821. The monoisotopic (exact) mass is 316 g/mol. The van der Waals surface area contributed by atoms with Crippen molar-refractivity contribution in [2.24, 2.45) is 5.92 Å². The molecule has 0 aromatic heterocycles. The van der Waals surface area contributed by atoms with Crippen LogP contribution in [0.5, 0.6) is 0 Å². The van der Waals surface area contributed by atoms with Gasteiger partial charge in [-0.1, -0.05) is 89.0 Å². The molecule has 0 aromatic rings. The van der Waals surface area contributed by atoms with Crippen molar-refractivity contribution < 1.29 is 0 Å². The number of allylic oxidation sites excluding steroid dienone is 6. The lowest BCUT2D eigenvalue weighted by atomic mass is 9.92. The molecule has 0 fully saturated rings. The highest BCUT2D eigenvalue weighted by Crippen LogP contribution is 2.23. The van der Waals surface area contributed by atoms with Crippen molar-refractivity contribution >= 4 is 0 Å². The summed E-state index contributed by atoms with van der Waals surface area (Å²) < 4.78 is 0. The van der Waals surface area contributed by atoms with E-state index in [0.29, 0.717) is 0 Å². The Morgan fingerprint density at radius 2 is 1.78 bits per heavy atom. The van der Waals surface area contributed by atoms with E-state index in [1.807, 2.05) is 6.08 Å². The molecule has 0 spiro atoms. The van der Waals surface area contributed by atoms with E-state index in [-0.39, 0.29) is 0 Å². The first-order valence-electron chi connectivity index (χ1n) is 9.78. The molecule has 1 unspecified atom stereocenters. The number of rotatable bonds is 15. The molecule has 0 aromatic carbocycles. The fourth-order valence-electron chi connectivity index (χ4n) is 2.92. The molecule has 0 saturated heterocycles. The van der Waals surface area contributed by atoms with Gasteiger partial charge in [-0.2, -0.15) is 0 Å². The third-order valence-electron chi connectivity index (χ3n) is 4.63. The second kappa shape index (κ2) is 15.8.